The second-order valence-electron chi connectivity index (χ2n) is 7.22. The van der Waals surface area contributed by atoms with Gasteiger partial charge in [-0.2, -0.15) is 0 Å². The number of rotatable bonds is 5. The number of esters is 1. The molecule has 3 aromatic rings. The van der Waals surface area contributed by atoms with Crippen LogP contribution >= 0.6 is 11.3 Å². The molecule has 0 unspecified atom stereocenters. The molecule has 0 radical (unpaired) electrons. The minimum absolute atomic E-state index is 0.182. The number of aromatic hydroxyl groups is 1. The zero-order valence-electron chi connectivity index (χ0n) is 17.7. The monoisotopic (exact) mass is 465 g/mol. The van der Waals surface area contributed by atoms with Crippen molar-refractivity contribution in [3.8, 4) is 5.75 Å². The van der Waals surface area contributed by atoms with E-state index in [4.69, 9.17) is 4.74 Å². The van der Waals surface area contributed by atoms with Gasteiger partial charge < -0.3 is 9.84 Å². The molecule has 1 N–H and O–H groups in total. The number of carbonyl (C=O) groups is 1. The van der Waals surface area contributed by atoms with Crippen LogP contribution in [0.15, 0.2) is 69.6 Å². The topological polar surface area (TPSA) is 124 Å². The van der Waals surface area contributed by atoms with E-state index in [1.54, 1.807) is 13.8 Å². The van der Waals surface area contributed by atoms with Gasteiger partial charge in [0, 0.05) is 6.07 Å². The van der Waals surface area contributed by atoms with E-state index in [0.717, 1.165) is 16.9 Å². The number of allylic oxidation sites excluding steroid dienone is 1. The van der Waals surface area contributed by atoms with Gasteiger partial charge in [-0.1, -0.05) is 47.7 Å². The van der Waals surface area contributed by atoms with E-state index in [0.29, 0.717) is 16.1 Å². The van der Waals surface area contributed by atoms with Gasteiger partial charge >= 0.3 is 11.7 Å². The summed E-state index contributed by atoms with van der Waals surface area (Å²) in [6.45, 7) is 3.58. The molecule has 2 heterocycles. The van der Waals surface area contributed by atoms with Crippen LogP contribution in [0.5, 0.6) is 5.75 Å². The number of ether oxygens (including phenoxy) is 1. The van der Waals surface area contributed by atoms with Crippen molar-refractivity contribution in [1.82, 2.24) is 4.57 Å². The first-order valence-corrected chi connectivity index (χ1v) is 10.9. The first kappa shape index (κ1) is 22.2. The third-order valence-corrected chi connectivity index (χ3v) is 6.11. The lowest BCUT2D eigenvalue weighted by Gasteiger charge is -2.24. The molecule has 1 atom stereocenters. The number of nitro benzene ring substituents is 1. The van der Waals surface area contributed by atoms with E-state index >= 15 is 0 Å². The Morgan fingerprint density at radius 3 is 2.70 bits per heavy atom. The molecule has 0 saturated carbocycles. The predicted molar refractivity (Wildman–Crippen MR) is 122 cm³/mol. The number of fused-ring (bicyclic) bond motifs is 1. The lowest BCUT2D eigenvalue weighted by Crippen LogP contribution is -2.39. The molecule has 0 aliphatic carbocycles. The van der Waals surface area contributed by atoms with Gasteiger partial charge in [-0.05, 0) is 37.1 Å². The summed E-state index contributed by atoms with van der Waals surface area (Å²) in [6.07, 6.45) is 1.50. The minimum atomic E-state index is -0.724. The van der Waals surface area contributed by atoms with Crippen LogP contribution < -0.4 is 14.9 Å². The van der Waals surface area contributed by atoms with Crippen molar-refractivity contribution in [2.45, 2.75) is 19.9 Å². The summed E-state index contributed by atoms with van der Waals surface area (Å²) < 4.78 is 6.97. The first-order valence-electron chi connectivity index (χ1n) is 10.0. The molecule has 33 heavy (non-hydrogen) atoms. The number of nitrogens with zero attached hydrogens (tertiary/aromatic N) is 3. The van der Waals surface area contributed by atoms with Gasteiger partial charge in [0.15, 0.2) is 10.6 Å². The summed E-state index contributed by atoms with van der Waals surface area (Å²) in [4.78, 5) is 41.6. The number of thiazole rings is 1. The molecule has 10 heteroatoms. The summed E-state index contributed by atoms with van der Waals surface area (Å²) in [5.41, 5.74) is 0.986. The van der Waals surface area contributed by atoms with Crippen LogP contribution in [-0.2, 0) is 9.53 Å². The van der Waals surface area contributed by atoms with Crippen LogP contribution in [0.1, 0.15) is 31.0 Å². The molecule has 1 aliphatic heterocycles. The standard InChI is InChI=1S/C23H19N3O6S/c1-3-32-22(29)19-13(2)24-23-25(20(19)15-7-5-4-6-8-15)21(28)18(33-23)12-14-9-10-17(27)16(11-14)26(30)31/h4-12,20,27H,3H2,1-2H3/b18-12+/t20-/m0/s1. The van der Waals surface area contributed by atoms with E-state index in [-0.39, 0.29) is 16.7 Å². The highest BCUT2D eigenvalue weighted by Gasteiger charge is 2.33. The molecule has 9 nitrogen and oxygen atoms in total. The van der Waals surface area contributed by atoms with Crippen LogP contribution in [0, 0.1) is 10.1 Å². The summed E-state index contributed by atoms with van der Waals surface area (Å²) in [7, 11) is 0. The molecular formula is C23H19N3O6S. The van der Waals surface area contributed by atoms with Gasteiger partial charge in [-0.15, -0.1) is 0 Å². The number of hydrogen-bond donors (Lipinski definition) is 1. The average molecular weight is 465 g/mol. The normalized spacial score (nSPS) is 15.7. The molecule has 2 aromatic carbocycles. The number of phenolic OH excluding ortho intramolecular Hbond substituents is 1. The van der Waals surface area contributed by atoms with E-state index < -0.39 is 33.9 Å². The van der Waals surface area contributed by atoms with Gasteiger partial charge in [0.2, 0.25) is 0 Å². The van der Waals surface area contributed by atoms with E-state index in [9.17, 15) is 24.8 Å². The summed E-state index contributed by atoms with van der Waals surface area (Å²) in [5, 5.41) is 20.8. The Kier molecular flexibility index (Phi) is 5.93. The predicted octanol–water partition coefficient (Wildman–Crippen LogP) is 2.41. The minimum Gasteiger partial charge on any atom is -0.502 e. The number of phenols is 1. The molecule has 1 aromatic heterocycles. The molecule has 1 aliphatic rings. The fourth-order valence-electron chi connectivity index (χ4n) is 3.67. The summed E-state index contributed by atoms with van der Waals surface area (Å²) in [6, 6.07) is 12.3. The summed E-state index contributed by atoms with van der Waals surface area (Å²) in [5.74, 6) is -1.01. The first-order chi connectivity index (χ1) is 15.8. The van der Waals surface area contributed by atoms with E-state index in [2.05, 4.69) is 4.99 Å². The van der Waals surface area contributed by atoms with Crippen molar-refractivity contribution in [2.24, 2.45) is 4.99 Å². The molecule has 0 saturated heterocycles. The van der Waals surface area contributed by atoms with E-state index in [1.807, 2.05) is 30.3 Å². The number of carbonyl (C=O) groups excluding carboxylic acids is 1. The molecule has 0 bridgehead atoms. The SMILES string of the molecule is CCOC(=O)C1=C(C)N=c2s/c(=C/c3ccc(O)c([N+](=O)[O-])c3)c(=O)n2[C@H]1c1ccccc1. The van der Waals surface area contributed by atoms with Crippen molar-refractivity contribution in [2.75, 3.05) is 6.61 Å². The Bertz CT molecular complexity index is 1470. The van der Waals surface area contributed by atoms with Gasteiger partial charge in [-0.3, -0.25) is 19.5 Å². The Morgan fingerprint density at radius 2 is 2.03 bits per heavy atom. The quantitative estimate of drug-likeness (QED) is 0.351. The highest BCUT2D eigenvalue weighted by molar-refractivity contribution is 7.07. The number of aromatic nitrogens is 1. The largest absolute Gasteiger partial charge is 0.502 e. The van der Waals surface area contributed by atoms with Gasteiger partial charge in [0.1, 0.15) is 0 Å². The van der Waals surface area contributed by atoms with Crippen molar-refractivity contribution in [3.63, 3.8) is 0 Å². The van der Waals surface area contributed by atoms with Crippen molar-refractivity contribution < 1.29 is 19.6 Å². The second-order valence-corrected chi connectivity index (χ2v) is 8.23. The highest BCUT2D eigenvalue weighted by Crippen LogP contribution is 2.30. The number of nitro groups is 1. The lowest BCUT2D eigenvalue weighted by atomic mass is 9.96. The number of benzene rings is 2. The maximum atomic E-state index is 13.4. The summed E-state index contributed by atoms with van der Waals surface area (Å²) >= 11 is 1.11. The second kappa shape index (κ2) is 8.83. The molecule has 0 fully saturated rings. The lowest BCUT2D eigenvalue weighted by molar-refractivity contribution is -0.385. The Hall–Kier alpha value is -4.05. The Balaban J connectivity index is 1.94. The third-order valence-electron chi connectivity index (χ3n) is 5.13. The molecule has 0 spiro atoms. The molecule has 0 amide bonds. The van der Waals surface area contributed by atoms with Crippen LogP contribution in [0.3, 0.4) is 0 Å². The Labute approximate surface area is 191 Å². The maximum absolute atomic E-state index is 13.4. The third kappa shape index (κ3) is 4.08. The molecule has 4 rings (SSSR count). The molecule has 168 valence electrons. The van der Waals surface area contributed by atoms with Crippen molar-refractivity contribution >= 4 is 29.1 Å². The molecular weight excluding hydrogens is 446 g/mol. The van der Waals surface area contributed by atoms with Crippen LogP contribution in [0.2, 0.25) is 0 Å². The van der Waals surface area contributed by atoms with Gasteiger partial charge in [-0.25, -0.2) is 9.79 Å². The zero-order chi connectivity index (χ0) is 23.7. The zero-order valence-corrected chi connectivity index (χ0v) is 18.5. The fraction of sp³-hybridized carbons (Fsp3) is 0.174. The number of hydrogen-bond acceptors (Lipinski definition) is 8. The van der Waals surface area contributed by atoms with Crippen molar-refractivity contribution in [1.29, 1.82) is 0 Å². The fourth-order valence-corrected chi connectivity index (χ4v) is 4.72. The van der Waals surface area contributed by atoms with Crippen molar-refractivity contribution in [3.05, 3.63) is 101 Å². The average Bonchev–Trinajstić information content (AvgIpc) is 3.09. The maximum Gasteiger partial charge on any atom is 0.338 e. The van der Waals surface area contributed by atoms with Crippen LogP contribution in [0.25, 0.3) is 6.08 Å². The van der Waals surface area contributed by atoms with Gasteiger partial charge in [0.05, 0.1) is 33.4 Å². The smallest absolute Gasteiger partial charge is 0.338 e. The highest BCUT2D eigenvalue weighted by atomic mass is 32.1. The van der Waals surface area contributed by atoms with Crippen LogP contribution in [-0.4, -0.2) is 27.2 Å². The van der Waals surface area contributed by atoms with Crippen LogP contribution in [0.4, 0.5) is 5.69 Å². The van der Waals surface area contributed by atoms with Gasteiger partial charge in [0.25, 0.3) is 5.56 Å². The Morgan fingerprint density at radius 1 is 1.30 bits per heavy atom. The van der Waals surface area contributed by atoms with E-state index in [1.165, 1.54) is 28.8 Å².